The average molecular weight is 427 g/mol. The van der Waals surface area contributed by atoms with Crippen molar-refractivity contribution >= 4 is 11.7 Å². The number of alkyl halides is 3. The van der Waals surface area contributed by atoms with Crippen LogP contribution in [0.2, 0.25) is 0 Å². The number of rotatable bonds is 8. The van der Waals surface area contributed by atoms with Gasteiger partial charge in [-0.25, -0.2) is 9.37 Å². The highest BCUT2D eigenvalue weighted by Crippen LogP contribution is 2.20. The van der Waals surface area contributed by atoms with Crippen LogP contribution in [0, 0.1) is 18.7 Å². The van der Waals surface area contributed by atoms with Gasteiger partial charge in [0.1, 0.15) is 5.78 Å². The van der Waals surface area contributed by atoms with Gasteiger partial charge in [0.05, 0.1) is 0 Å². The quantitative estimate of drug-likeness (QED) is 0.652. The number of nitrogens with one attached hydrogen (secondary N) is 1. The van der Waals surface area contributed by atoms with Crippen molar-refractivity contribution in [3.05, 3.63) is 52.7 Å². The van der Waals surface area contributed by atoms with Gasteiger partial charge in [0, 0.05) is 42.0 Å². The SMILES string of the molecule is Cc1cc(C(=O)NCc2cnc(OCC(F)(F)F)c(F)c2)cc(CC(=O)C(C)C)n1. The van der Waals surface area contributed by atoms with Crippen molar-refractivity contribution in [1.82, 2.24) is 15.3 Å². The fourth-order valence-corrected chi connectivity index (χ4v) is 2.44. The van der Waals surface area contributed by atoms with Crippen LogP contribution in [0.1, 0.15) is 41.2 Å². The molecule has 2 heterocycles. The topological polar surface area (TPSA) is 81.2 Å². The van der Waals surface area contributed by atoms with Crippen molar-refractivity contribution in [2.75, 3.05) is 6.61 Å². The molecule has 1 N–H and O–H groups in total. The number of aryl methyl sites for hydroxylation is 1. The summed E-state index contributed by atoms with van der Waals surface area (Å²) in [6.07, 6.45) is -3.39. The normalized spacial score (nSPS) is 11.5. The van der Waals surface area contributed by atoms with E-state index in [4.69, 9.17) is 0 Å². The number of ether oxygens (including phenoxy) is 1. The van der Waals surface area contributed by atoms with Gasteiger partial charge < -0.3 is 10.1 Å². The van der Waals surface area contributed by atoms with E-state index in [0.29, 0.717) is 11.4 Å². The van der Waals surface area contributed by atoms with Crippen molar-refractivity contribution < 1.29 is 31.9 Å². The number of hydrogen-bond acceptors (Lipinski definition) is 5. The Labute approximate surface area is 170 Å². The predicted molar refractivity (Wildman–Crippen MR) is 99.4 cm³/mol. The molecule has 0 aliphatic heterocycles. The Hall–Kier alpha value is -3.04. The zero-order valence-corrected chi connectivity index (χ0v) is 16.6. The maximum Gasteiger partial charge on any atom is 0.422 e. The summed E-state index contributed by atoms with van der Waals surface area (Å²) in [5.41, 5.74) is 1.56. The van der Waals surface area contributed by atoms with E-state index >= 15 is 0 Å². The molecule has 0 aromatic carbocycles. The largest absolute Gasteiger partial charge is 0.466 e. The molecule has 2 aromatic heterocycles. The van der Waals surface area contributed by atoms with Gasteiger partial charge in [-0.15, -0.1) is 0 Å². The summed E-state index contributed by atoms with van der Waals surface area (Å²) in [6, 6.07) is 3.99. The zero-order chi connectivity index (χ0) is 22.5. The molecule has 30 heavy (non-hydrogen) atoms. The number of carbonyl (C=O) groups excluding carboxylic acids is 2. The molecule has 10 heteroatoms. The molecule has 0 saturated heterocycles. The Bertz CT molecular complexity index is 930. The van der Waals surface area contributed by atoms with E-state index in [2.05, 4.69) is 20.0 Å². The number of carbonyl (C=O) groups is 2. The van der Waals surface area contributed by atoms with E-state index in [9.17, 15) is 27.2 Å². The summed E-state index contributed by atoms with van der Waals surface area (Å²) in [4.78, 5) is 32.1. The molecule has 162 valence electrons. The molecular weight excluding hydrogens is 406 g/mol. The highest BCUT2D eigenvalue weighted by atomic mass is 19.4. The lowest BCUT2D eigenvalue weighted by atomic mass is 10.0. The van der Waals surface area contributed by atoms with Crippen LogP contribution >= 0.6 is 0 Å². The summed E-state index contributed by atoms with van der Waals surface area (Å²) >= 11 is 0. The van der Waals surface area contributed by atoms with Gasteiger partial charge >= 0.3 is 6.18 Å². The maximum atomic E-state index is 13.9. The number of nitrogens with zero attached hydrogens (tertiary/aromatic N) is 2. The average Bonchev–Trinajstić information content (AvgIpc) is 2.64. The smallest absolute Gasteiger partial charge is 0.422 e. The fraction of sp³-hybridized carbons (Fsp3) is 0.400. The van der Waals surface area contributed by atoms with Crippen molar-refractivity contribution in [1.29, 1.82) is 0 Å². The number of ketones is 1. The van der Waals surface area contributed by atoms with Gasteiger partial charge in [0.25, 0.3) is 11.8 Å². The molecule has 0 spiro atoms. The van der Waals surface area contributed by atoms with Crippen molar-refractivity contribution in [3.8, 4) is 5.88 Å². The van der Waals surface area contributed by atoms with Crippen LogP contribution < -0.4 is 10.1 Å². The van der Waals surface area contributed by atoms with Crippen LogP contribution in [-0.4, -0.2) is 34.4 Å². The monoisotopic (exact) mass is 427 g/mol. The highest BCUT2D eigenvalue weighted by Gasteiger charge is 2.29. The van der Waals surface area contributed by atoms with E-state index in [-0.39, 0.29) is 35.8 Å². The molecule has 0 bridgehead atoms. The number of amides is 1. The van der Waals surface area contributed by atoms with Crippen molar-refractivity contribution in [2.45, 2.75) is 39.9 Å². The predicted octanol–water partition coefficient (Wildman–Crippen LogP) is 3.56. The summed E-state index contributed by atoms with van der Waals surface area (Å²) < 4.78 is 54.6. The van der Waals surface area contributed by atoms with Gasteiger partial charge in [0.15, 0.2) is 12.4 Å². The second kappa shape index (κ2) is 9.64. The number of Topliss-reactive ketones (excluding diaryl/α,β-unsaturated/α-hetero) is 1. The van der Waals surface area contributed by atoms with Crippen LogP contribution in [0.25, 0.3) is 0 Å². The summed E-state index contributed by atoms with van der Waals surface area (Å²) in [5.74, 6) is -2.48. The Morgan fingerprint density at radius 1 is 1.20 bits per heavy atom. The van der Waals surface area contributed by atoms with E-state index in [1.165, 1.54) is 6.07 Å². The van der Waals surface area contributed by atoms with Crippen LogP contribution in [0.3, 0.4) is 0 Å². The molecule has 0 unspecified atom stereocenters. The molecule has 2 aromatic rings. The molecule has 0 aliphatic rings. The lowest BCUT2D eigenvalue weighted by molar-refractivity contribution is -0.154. The minimum atomic E-state index is -4.61. The first-order chi connectivity index (χ1) is 13.9. The molecule has 0 aliphatic carbocycles. The van der Waals surface area contributed by atoms with Crippen LogP contribution in [0.15, 0.2) is 24.4 Å². The fourth-order valence-electron chi connectivity index (χ4n) is 2.44. The first-order valence-electron chi connectivity index (χ1n) is 9.07. The molecule has 2 rings (SSSR count). The van der Waals surface area contributed by atoms with Gasteiger partial charge in [-0.05, 0) is 30.7 Å². The first kappa shape index (κ1) is 23.2. The Morgan fingerprint density at radius 3 is 2.50 bits per heavy atom. The highest BCUT2D eigenvalue weighted by molar-refractivity contribution is 5.94. The molecule has 1 amide bonds. The Morgan fingerprint density at radius 2 is 1.90 bits per heavy atom. The second-order valence-electron chi connectivity index (χ2n) is 7.00. The third kappa shape index (κ3) is 7.09. The lowest BCUT2D eigenvalue weighted by Crippen LogP contribution is -2.24. The number of pyridine rings is 2. The zero-order valence-electron chi connectivity index (χ0n) is 16.6. The van der Waals surface area contributed by atoms with Crippen molar-refractivity contribution in [3.63, 3.8) is 0 Å². The molecule has 0 atom stereocenters. The van der Waals surface area contributed by atoms with Gasteiger partial charge in [-0.1, -0.05) is 13.8 Å². The minimum absolute atomic E-state index is 0.00570. The first-order valence-corrected chi connectivity index (χ1v) is 9.07. The summed E-state index contributed by atoms with van der Waals surface area (Å²) in [5, 5.41) is 2.57. The van der Waals surface area contributed by atoms with Crippen LogP contribution in [0.5, 0.6) is 5.88 Å². The van der Waals surface area contributed by atoms with Gasteiger partial charge in [-0.3, -0.25) is 14.6 Å². The minimum Gasteiger partial charge on any atom is -0.466 e. The molecule has 0 radical (unpaired) electrons. The summed E-state index contributed by atoms with van der Waals surface area (Å²) in [6.45, 7) is 3.48. The second-order valence-corrected chi connectivity index (χ2v) is 7.00. The number of hydrogen-bond donors (Lipinski definition) is 1. The van der Waals surface area contributed by atoms with E-state index in [1.54, 1.807) is 26.8 Å². The van der Waals surface area contributed by atoms with Crippen LogP contribution in [0.4, 0.5) is 17.6 Å². The Kier molecular flexibility index (Phi) is 7.47. The lowest BCUT2D eigenvalue weighted by Gasteiger charge is -2.11. The van der Waals surface area contributed by atoms with E-state index in [1.807, 2.05) is 0 Å². The third-order valence-electron chi connectivity index (χ3n) is 3.96. The molecular formula is C20H21F4N3O3. The third-order valence-corrected chi connectivity index (χ3v) is 3.96. The van der Waals surface area contributed by atoms with Crippen LogP contribution in [-0.2, 0) is 17.8 Å². The Balaban J connectivity index is 2.02. The van der Waals surface area contributed by atoms with Gasteiger partial charge in [0.2, 0.25) is 0 Å². The van der Waals surface area contributed by atoms with E-state index in [0.717, 1.165) is 12.3 Å². The maximum absolute atomic E-state index is 13.9. The summed E-state index contributed by atoms with van der Waals surface area (Å²) in [7, 11) is 0. The standard InChI is InChI=1S/C20H21F4N3O3/c1-11(2)17(28)7-15-6-14(4-12(3)27-15)18(29)25-8-13-5-16(21)19(26-9-13)30-10-20(22,23)24/h4-6,9,11H,7-8,10H2,1-3H3,(H,25,29). The molecule has 0 fully saturated rings. The van der Waals surface area contributed by atoms with Crippen molar-refractivity contribution in [2.24, 2.45) is 5.92 Å². The number of aromatic nitrogens is 2. The molecule has 0 saturated carbocycles. The van der Waals surface area contributed by atoms with E-state index < -0.39 is 30.4 Å². The van der Waals surface area contributed by atoms with Gasteiger partial charge in [-0.2, -0.15) is 13.2 Å². The number of halogens is 4. The molecule has 6 nitrogen and oxygen atoms in total.